The van der Waals surface area contributed by atoms with E-state index in [0.29, 0.717) is 6.61 Å². The van der Waals surface area contributed by atoms with E-state index in [2.05, 4.69) is 12.2 Å². The maximum absolute atomic E-state index is 11.6. The number of hydrogen-bond donors (Lipinski definition) is 2. The minimum atomic E-state index is -1.25. The standard InChI is InChI=1S/C13H25NO4/c1-5-6-7-8-18-9-11(15)14-13(4,10(2)3)12(16)17/h10H,5-9H2,1-4H3,(H,14,15)(H,16,17)/t13-/m0/s1. The second-order valence-corrected chi connectivity index (χ2v) is 4.97. The molecule has 0 rings (SSSR count). The number of ether oxygens (including phenoxy) is 1. The maximum Gasteiger partial charge on any atom is 0.329 e. The topological polar surface area (TPSA) is 75.6 Å². The van der Waals surface area contributed by atoms with Gasteiger partial charge < -0.3 is 15.2 Å². The lowest BCUT2D eigenvalue weighted by Gasteiger charge is -2.30. The number of aliphatic carboxylic acids is 1. The molecule has 0 aromatic carbocycles. The maximum atomic E-state index is 11.6. The minimum Gasteiger partial charge on any atom is -0.480 e. The molecular weight excluding hydrogens is 234 g/mol. The number of amides is 1. The van der Waals surface area contributed by atoms with Crippen molar-refractivity contribution in [2.24, 2.45) is 5.92 Å². The van der Waals surface area contributed by atoms with Crippen molar-refractivity contribution in [3.8, 4) is 0 Å². The SMILES string of the molecule is CCCCCOCC(=O)N[C@](C)(C(=O)O)C(C)C. The fraction of sp³-hybridized carbons (Fsp3) is 0.846. The molecule has 0 fully saturated rings. The molecule has 1 atom stereocenters. The molecule has 0 bridgehead atoms. The van der Waals surface area contributed by atoms with Gasteiger partial charge in [0.25, 0.3) is 0 Å². The first-order valence-electron chi connectivity index (χ1n) is 6.46. The van der Waals surface area contributed by atoms with Gasteiger partial charge in [-0.15, -0.1) is 0 Å². The Morgan fingerprint density at radius 1 is 1.33 bits per heavy atom. The number of carbonyl (C=O) groups excluding carboxylic acids is 1. The van der Waals surface area contributed by atoms with Gasteiger partial charge in [-0.1, -0.05) is 33.6 Å². The first kappa shape index (κ1) is 16.9. The molecule has 0 aliphatic carbocycles. The van der Waals surface area contributed by atoms with Crippen LogP contribution in [0.25, 0.3) is 0 Å². The summed E-state index contributed by atoms with van der Waals surface area (Å²) in [4.78, 5) is 22.8. The number of carboxylic acid groups (broad SMARTS) is 1. The highest BCUT2D eigenvalue weighted by molar-refractivity contribution is 5.87. The van der Waals surface area contributed by atoms with Crippen molar-refractivity contribution in [1.29, 1.82) is 0 Å². The summed E-state index contributed by atoms with van der Waals surface area (Å²) in [5.41, 5.74) is -1.25. The molecular formula is C13H25NO4. The Morgan fingerprint density at radius 3 is 2.39 bits per heavy atom. The molecule has 2 N–H and O–H groups in total. The summed E-state index contributed by atoms with van der Waals surface area (Å²) in [5.74, 6) is -1.61. The Hall–Kier alpha value is -1.10. The number of carboxylic acids is 1. The summed E-state index contributed by atoms with van der Waals surface area (Å²) in [6, 6.07) is 0. The van der Waals surface area contributed by atoms with Crippen molar-refractivity contribution in [2.45, 2.75) is 52.5 Å². The molecule has 5 heteroatoms. The first-order chi connectivity index (χ1) is 8.34. The monoisotopic (exact) mass is 259 g/mol. The highest BCUT2D eigenvalue weighted by atomic mass is 16.5. The van der Waals surface area contributed by atoms with Gasteiger partial charge in [-0.05, 0) is 19.3 Å². The Bertz CT molecular complexity index is 278. The van der Waals surface area contributed by atoms with E-state index in [0.717, 1.165) is 19.3 Å². The minimum absolute atomic E-state index is 0.0840. The van der Waals surface area contributed by atoms with E-state index in [9.17, 15) is 9.59 Å². The van der Waals surface area contributed by atoms with Crippen LogP contribution in [0.5, 0.6) is 0 Å². The summed E-state index contributed by atoms with van der Waals surface area (Å²) in [6.45, 7) is 7.57. The van der Waals surface area contributed by atoms with E-state index in [-0.39, 0.29) is 18.4 Å². The Labute approximate surface area is 109 Å². The molecule has 0 saturated heterocycles. The number of unbranched alkanes of at least 4 members (excludes halogenated alkanes) is 2. The zero-order valence-electron chi connectivity index (χ0n) is 11.8. The van der Waals surface area contributed by atoms with E-state index >= 15 is 0 Å². The van der Waals surface area contributed by atoms with Crippen LogP contribution in [0.1, 0.15) is 47.0 Å². The molecule has 0 unspecified atom stereocenters. The van der Waals surface area contributed by atoms with Crippen LogP contribution in [0, 0.1) is 5.92 Å². The van der Waals surface area contributed by atoms with Gasteiger partial charge in [0.15, 0.2) is 0 Å². The van der Waals surface area contributed by atoms with Gasteiger partial charge in [-0.2, -0.15) is 0 Å². The van der Waals surface area contributed by atoms with Gasteiger partial charge in [0, 0.05) is 6.61 Å². The molecule has 0 radical (unpaired) electrons. The molecule has 18 heavy (non-hydrogen) atoms. The van der Waals surface area contributed by atoms with Crippen LogP contribution < -0.4 is 5.32 Å². The van der Waals surface area contributed by atoms with Crippen molar-refractivity contribution >= 4 is 11.9 Å². The van der Waals surface area contributed by atoms with Crippen molar-refractivity contribution in [1.82, 2.24) is 5.32 Å². The second kappa shape index (κ2) is 8.08. The predicted molar refractivity (Wildman–Crippen MR) is 69.4 cm³/mol. The highest BCUT2D eigenvalue weighted by Crippen LogP contribution is 2.16. The lowest BCUT2D eigenvalue weighted by molar-refractivity contribution is -0.149. The van der Waals surface area contributed by atoms with Gasteiger partial charge in [0.2, 0.25) is 5.91 Å². The van der Waals surface area contributed by atoms with Crippen LogP contribution in [-0.2, 0) is 14.3 Å². The average Bonchev–Trinajstić information content (AvgIpc) is 2.28. The highest BCUT2D eigenvalue weighted by Gasteiger charge is 2.37. The molecule has 0 aromatic heterocycles. The zero-order valence-corrected chi connectivity index (χ0v) is 11.8. The van der Waals surface area contributed by atoms with Gasteiger partial charge in [0.1, 0.15) is 12.1 Å². The van der Waals surface area contributed by atoms with E-state index in [1.807, 2.05) is 0 Å². The second-order valence-electron chi connectivity index (χ2n) is 4.97. The van der Waals surface area contributed by atoms with Crippen LogP contribution in [0.4, 0.5) is 0 Å². The normalized spacial score (nSPS) is 14.3. The van der Waals surface area contributed by atoms with Crippen LogP contribution >= 0.6 is 0 Å². The average molecular weight is 259 g/mol. The molecule has 1 amide bonds. The molecule has 5 nitrogen and oxygen atoms in total. The predicted octanol–water partition coefficient (Wildman–Crippen LogP) is 1.81. The van der Waals surface area contributed by atoms with Crippen molar-refractivity contribution < 1.29 is 19.4 Å². The van der Waals surface area contributed by atoms with E-state index in [1.165, 1.54) is 6.92 Å². The Morgan fingerprint density at radius 2 is 1.94 bits per heavy atom. The number of hydrogen-bond acceptors (Lipinski definition) is 3. The largest absolute Gasteiger partial charge is 0.480 e. The van der Waals surface area contributed by atoms with Crippen molar-refractivity contribution in [3.05, 3.63) is 0 Å². The lowest BCUT2D eigenvalue weighted by Crippen LogP contribution is -2.56. The molecule has 0 aromatic rings. The van der Waals surface area contributed by atoms with Gasteiger partial charge >= 0.3 is 5.97 Å². The third-order valence-corrected chi connectivity index (χ3v) is 3.12. The Balaban J connectivity index is 4.09. The molecule has 0 aliphatic heterocycles. The summed E-state index contributed by atoms with van der Waals surface area (Å²) in [6.07, 6.45) is 3.09. The van der Waals surface area contributed by atoms with E-state index < -0.39 is 11.5 Å². The van der Waals surface area contributed by atoms with Crippen LogP contribution in [0.2, 0.25) is 0 Å². The van der Waals surface area contributed by atoms with Crippen molar-refractivity contribution in [2.75, 3.05) is 13.2 Å². The first-order valence-corrected chi connectivity index (χ1v) is 6.46. The number of rotatable bonds is 9. The summed E-state index contributed by atoms with van der Waals surface area (Å²) in [5, 5.41) is 11.7. The molecule has 0 saturated carbocycles. The number of nitrogens with one attached hydrogen (secondary N) is 1. The van der Waals surface area contributed by atoms with Crippen LogP contribution in [0.3, 0.4) is 0 Å². The smallest absolute Gasteiger partial charge is 0.329 e. The molecule has 0 spiro atoms. The van der Waals surface area contributed by atoms with E-state index in [1.54, 1.807) is 13.8 Å². The van der Waals surface area contributed by atoms with Gasteiger partial charge in [-0.25, -0.2) is 4.79 Å². The van der Waals surface area contributed by atoms with E-state index in [4.69, 9.17) is 9.84 Å². The summed E-state index contributed by atoms with van der Waals surface area (Å²) < 4.78 is 5.20. The fourth-order valence-corrected chi connectivity index (χ4v) is 1.39. The summed E-state index contributed by atoms with van der Waals surface area (Å²) >= 11 is 0. The van der Waals surface area contributed by atoms with Gasteiger partial charge in [-0.3, -0.25) is 4.79 Å². The fourth-order valence-electron chi connectivity index (χ4n) is 1.39. The van der Waals surface area contributed by atoms with Crippen LogP contribution in [-0.4, -0.2) is 35.7 Å². The third-order valence-electron chi connectivity index (χ3n) is 3.12. The quantitative estimate of drug-likeness (QED) is 0.619. The third kappa shape index (κ3) is 5.49. The Kier molecular flexibility index (Phi) is 7.59. The molecule has 0 aliphatic rings. The summed E-state index contributed by atoms with van der Waals surface area (Å²) in [7, 11) is 0. The van der Waals surface area contributed by atoms with Crippen molar-refractivity contribution in [3.63, 3.8) is 0 Å². The number of carbonyl (C=O) groups is 2. The lowest BCUT2D eigenvalue weighted by atomic mass is 9.88. The van der Waals surface area contributed by atoms with Gasteiger partial charge in [0.05, 0.1) is 0 Å². The van der Waals surface area contributed by atoms with Crippen LogP contribution in [0.15, 0.2) is 0 Å². The molecule has 0 heterocycles. The molecule has 106 valence electrons. The zero-order chi connectivity index (χ0) is 14.2.